The van der Waals surface area contributed by atoms with E-state index >= 15 is 0 Å². The van der Waals surface area contributed by atoms with Crippen molar-refractivity contribution in [1.29, 1.82) is 0 Å². The molecular formula is C14H16O3. The lowest BCUT2D eigenvalue weighted by Gasteiger charge is -2.08. The number of benzene rings is 1. The van der Waals surface area contributed by atoms with Gasteiger partial charge in [-0.15, -0.1) is 0 Å². The summed E-state index contributed by atoms with van der Waals surface area (Å²) in [6.07, 6.45) is 1.38. The van der Waals surface area contributed by atoms with Gasteiger partial charge < -0.3 is 10.2 Å². The Hall–Kier alpha value is -2.03. The molecule has 0 aliphatic heterocycles. The number of aromatic hydroxyl groups is 2. The maximum Gasteiger partial charge on any atom is 0.157 e. The number of hydrogen-bond donors (Lipinski definition) is 2. The summed E-state index contributed by atoms with van der Waals surface area (Å²) >= 11 is 0. The molecule has 1 aromatic rings. The van der Waals surface area contributed by atoms with Gasteiger partial charge >= 0.3 is 0 Å². The number of hydrogen-bond acceptors (Lipinski definition) is 3. The number of rotatable bonds is 4. The molecular weight excluding hydrogens is 216 g/mol. The van der Waals surface area contributed by atoms with E-state index < -0.39 is 0 Å². The third kappa shape index (κ3) is 3.21. The van der Waals surface area contributed by atoms with Crippen LogP contribution in [-0.2, 0) is 4.79 Å². The van der Waals surface area contributed by atoms with Gasteiger partial charge in [-0.3, -0.25) is 4.79 Å². The van der Waals surface area contributed by atoms with E-state index in [0.29, 0.717) is 12.0 Å². The Morgan fingerprint density at radius 2 is 1.94 bits per heavy atom. The lowest BCUT2D eigenvalue weighted by atomic mass is 9.98. The Labute approximate surface area is 101 Å². The molecule has 0 heterocycles. The van der Waals surface area contributed by atoms with Gasteiger partial charge in [0, 0.05) is 0 Å². The summed E-state index contributed by atoms with van der Waals surface area (Å²) in [6, 6.07) is 4.56. The Bertz CT molecular complexity index is 484. The van der Waals surface area contributed by atoms with E-state index in [1.54, 1.807) is 13.0 Å². The van der Waals surface area contributed by atoms with Crippen LogP contribution in [0.3, 0.4) is 0 Å². The minimum absolute atomic E-state index is 0.155. The van der Waals surface area contributed by atoms with Crippen molar-refractivity contribution in [2.45, 2.75) is 20.3 Å². The van der Waals surface area contributed by atoms with Gasteiger partial charge in [0.25, 0.3) is 0 Å². The maximum atomic E-state index is 10.6. The van der Waals surface area contributed by atoms with Crippen molar-refractivity contribution < 1.29 is 15.0 Å². The van der Waals surface area contributed by atoms with E-state index in [2.05, 4.69) is 6.58 Å². The first-order chi connectivity index (χ1) is 7.95. The quantitative estimate of drug-likeness (QED) is 0.476. The largest absolute Gasteiger partial charge is 0.504 e. The zero-order valence-electron chi connectivity index (χ0n) is 10.0. The molecule has 2 N–H and O–H groups in total. The van der Waals surface area contributed by atoms with Gasteiger partial charge in [-0.25, -0.2) is 0 Å². The highest BCUT2D eigenvalue weighted by Gasteiger charge is 2.05. The predicted molar refractivity (Wildman–Crippen MR) is 67.9 cm³/mol. The van der Waals surface area contributed by atoms with Crippen molar-refractivity contribution in [3.05, 3.63) is 41.5 Å². The van der Waals surface area contributed by atoms with Crippen molar-refractivity contribution >= 4 is 11.9 Å². The number of carbonyl (C=O) groups excluding carboxylic acids is 1. The highest BCUT2D eigenvalue weighted by Crippen LogP contribution is 2.30. The molecule has 0 spiro atoms. The predicted octanol–water partition coefficient (Wildman–Crippen LogP) is 3.04. The van der Waals surface area contributed by atoms with Crippen LogP contribution in [0.4, 0.5) is 0 Å². The average molecular weight is 232 g/mol. The van der Waals surface area contributed by atoms with Crippen LogP contribution in [0.5, 0.6) is 11.5 Å². The van der Waals surface area contributed by atoms with Gasteiger partial charge in [0.15, 0.2) is 11.5 Å². The molecule has 0 aliphatic carbocycles. The average Bonchev–Trinajstić information content (AvgIpc) is 2.31. The smallest absolute Gasteiger partial charge is 0.157 e. The van der Waals surface area contributed by atoms with Crippen molar-refractivity contribution in [2.24, 2.45) is 0 Å². The fourth-order valence-electron chi connectivity index (χ4n) is 1.41. The van der Waals surface area contributed by atoms with Crippen LogP contribution in [0.2, 0.25) is 0 Å². The Balaban J connectivity index is 2.91. The number of phenols is 2. The summed E-state index contributed by atoms with van der Waals surface area (Å²) < 4.78 is 0. The fourth-order valence-corrected chi connectivity index (χ4v) is 1.41. The Morgan fingerprint density at radius 1 is 1.29 bits per heavy atom. The van der Waals surface area contributed by atoms with E-state index in [-0.39, 0.29) is 11.5 Å². The van der Waals surface area contributed by atoms with Gasteiger partial charge in [0.1, 0.15) is 6.29 Å². The molecule has 0 bridgehead atoms. The van der Waals surface area contributed by atoms with Crippen LogP contribution < -0.4 is 0 Å². The normalized spacial score (nSPS) is 11.9. The first-order valence-corrected chi connectivity index (χ1v) is 5.27. The third-order valence-electron chi connectivity index (χ3n) is 2.71. The molecule has 0 aliphatic rings. The minimum atomic E-state index is -0.169. The zero-order chi connectivity index (χ0) is 13.0. The van der Waals surface area contributed by atoms with E-state index in [0.717, 1.165) is 23.0 Å². The third-order valence-corrected chi connectivity index (χ3v) is 2.71. The summed E-state index contributed by atoms with van der Waals surface area (Å²) in [7, 11) is 0. The zero-order valence-corrected chi connectivity index (χ0v) is 10.0. The molecule has 3 heteroatoms. The second-order valence-electron chi connectivity index (χ2n) is 4.07. The molecule has 0 atom stereocenters. The second-order valence-corrected chi connectivity index (χ2v) is 4.07. The first kappa shape index (κ1) is 13.0. The molecule has 0 amide bonds. The monoisotopic (exact) mass is 232 g/mol. The molecule has 0 fully saturated rings. The van der Waals surface area contributed by atoms with Crippen molar-refractivity contribution in [1.82, 2.24) is 0 Å². The Kier molecular flexibility index (Phi) is 4.10. The standard InChI is InChI=1S/C14H16O3/c1-9(11(3)8-15)6-10(2)12-4-5-13(16)14(17)7-12/h4-5,7-8,16-17H,2,6H2,1,3H3/b11-9+. The second kappa shape index (κ2) is 5.34. The van der Waals surface area contributed by atoms with E-state index in [4.69, 9.17) is 0 Å². The molecule has 1 rings (SSSR count). The molecule has 90 valence electrons. The van der Waals surface area contributed by atoms with Crippen molar-refractivity contribution in [2.75, 3.05) is 0 Å². The number of carbonyl (C=O) groups is 1. The molecule has 0 saturated carbocycles. The van der Waals surface area contributed by atoms with Crippen molar-refractivity contribution in [3.8, 4) is 11.5 Å². The van der Waals surface area contributed by atoms with Crippen molar-refractivity contribution in [3.63, 3.8) is 0 Å². The molecule has 0 unspecified atom stereocenters. The van der Waals surface area contributed by atoms with E-state index in [1.807, 2.05) is 6.92 Å². The van der Waals surface area contributed by atoms with Crippen LogP contribution in [0.15, 0.2) is 35.9 Å². The van der Waals surface area contributed by atoms with Gasteiger partial charge in [-0.1, -0.05) is 18.2 Å². The number of phenolic OH excluding ortho intramolecular Hbond substituents is 2. The summed E-state index contributed by atoms with van der Waals surface area (Å²) in [5, 5.41) is 18.6. The van der Waals surface area contributed by atoms with Crippen LogP contribution in [0, 0.1) is 0 Å². The van der Waals surface area contributed by atoms with Gasteiger partial charge in [-0.2, -0.15) is 0 Å². The lowest BCUT2D eigenvalue weighted by molar-refractivity contribution is -0.104. The molecule has 0 aromatic heterocycles. The number of aldehydes is 1. The SMILES string of the molecule is C=C(C/C(C)=C(\C)C=O)c1ccc(O)c(O)c1. The molecule has 17 heavy (non-hydrogen) atoms. The molecule has 3 nitrogen and oxygen atoms in total. The van der Waals surface area contributed by atoms with Crippen LogP contribution in [0.25, 0.3) is 5.57 Å². The topological polar surface area (TPSA) is 57.5 Å². The lowest BCUT2D eigenvalue weighted by Crippen LogP contribution is -1.89. The minimum Gasteiger partial charge on any atom is -0.504 e. The molecule has 1 aromatic carbocycles. The van der Waals surface area contributed by atoms with Crippen LogP contribution in [0.1, 0.15) is 25.8 Å². The van der Waals surface area contributed by atoms with Gasteiger partial charge in [0.2, 0.25) is 0 Å². The molecule has 0 saturated heterocycles. The van der Waals surface area contributed by atoms with Gasteiger partial charge in [-0.05, 0) is 49.1 Å². The molecule has 0 radical (unpaired) electrons. The highest BCUT2D eigenvalue weighted by atomic mass is 16.3. The van der Waals surface area contributed by atoms with Crippen LogP contribution >= 0.6 is 0 Å². The highest BCUT2D eigenvalue weighted by molar-refractivity contribution is 5.76. The van der Waals surface area contributed by atoms with Crippen LogP contribution in [-0.4, -0.2) is 16.5 Å². The van der Waals surface area contributed by atoms with E-state index in [9.17, 15) is 15.0 Å². The summed E-state index contributed by atoms with van der Waals surface area (Å²) in [5.74, 6) is -0.324. The van der Waals surface area contributed by atoms with E-state index in [1.165, 1.54) is 12.1 Å². The summed E-state index contributed by atoms with van der Waals surface area (Å²) in [4.78, 5) is 10.6. The fraction of sp³-hybridized carbons (Fsp3) is 0.214. The summed E-state index contributed by atoms with van der Waals surface area (Å²) in [5.41, 5.74) is 3.17. The maximum absolute atomic E-state index is 10.6. The number of allylic oxidation sites excluding steroid dienone is 3. The summed E-state index contributed by atoms with van der Waals surface area (Å²) in [6.45, 7) is 7.53. The van der Waals surface area contributed by atoms with Gasteiger partial charge in [0.05, 0.1) is 0 Å². The Morgan fingerprint density at radius 3 is 2.47 bits per heavy atom. The first-order valence-electron chi connectivity index (χ1n) is 5.27.